The lowest BCUT2D eigenvalue weighted by molar-refractivity contribution is -0.0979. The normalized spacial score (nSPS) is 9.00. The van der Waals surface area contributed by atoms with Crippen molar-refractivity contribution in [2.45, 2.75) is 6.92 Å². The van der Waals surface area contributed by atoms with Crippen LogP contribution in [0.1, 0.15) is 5.56 Å². The van der Waals surface area contributed by atoms with E-state index < -0.39 is 0 Å². The van der Waals surface area contributed by atoms with Gasteiger partial charge >= 0.3 is 0 Å². The summed E-state index contributed by atoms with van der Waals surface area (Å²) >= 11 is 0. The van der Waals surface area contributed by atoms with Gasteiger partial charge in [0.2, 0.25) is 0 Å². The molecule has 3 heteroatoms. The SMILES string of the molecule is C=O.Cc1ccccc1O.Oc1ccc2ccccc2c1. The summed E-state index contributed by atoms with van der Waals surface area (Å²) in [6.45, 7) is 3.87. The highest BCUT2D eigenvalue weighted by atomic mass is 16.3. The Morgan fingerprint density at radius 2 is 1.33 bits per heavy atom. The van der Waals surface area contributed by atoms with Crippen LogP contribution in [-0.2, 0) is 4.79 Å². The molecule has 3 nitrogen and oxygen atoms in total. The number of phenolic OH excluding ortho intramolecular Hbond substituents is 2. The Labute approximate surface area is 124 Å². The molecule has 0 aliphatic rings. The van der Waals surface area contributed by atoms with Crippen molar-refractivity contribution in [3.8, 4) is 11.5 Å². The molecule has 0 aromatic heterocycles. The Balaban J connectivity index is 0.000000196. The second kappa shape index (κ2) is 8.38. The molecule has 0 aliphatic heterocycles. The number of carbonyl (C=O) groups is 1. The molecule has 0 saturated heterocycles. The third-order valence-corrected chi connectivity index (χ3v) is 2.85. The molecule has 108 valence electrons. The lowest BCUT2D eigenvalue weighted by atomic mass is 10.1. The van der Waals surface area contributed by atoms with Crippen molar-refractivity contribution in [2.24, 2.45) is 0 Å². The van der Waals surface area contributed by atoms with E-state index in [2.05, 4.69) is 0 Å². The predicted molar refractivity (Wildman–Crippen MR) is 85.6 cm³/mol. The number of phenols is 2. The molecule has 0 saturated carbocycles. The van der Waals surface area contributed by atoms with Gasteiger partial charge in [0.25, 0.3) is 0 Å². The average molecular weight is 282 g/mol. The third kappa shape index (κ3) is 4.99. The summed E-state index contributed by atoms with van der Waals surface area (Å²) in [6.07, 6.45) is 0. The summed E-state index contributed by atoms with van der Waals surface area (Å²) in [5, 5.41) is 20.3. The number of fused-ring (bicyclic) bond motifs is 1. The van der Waals surface area contributed by atoms with E-state index in [9.17, 15) is 0 Å². The van der Waals surface area contributed by atoms with Crippen molar-refractivity contribution < 1.29 is 15.0 Å². The van der Waals surface area contributed by atoms with Crippen molar-refractivity contribution in [3.05, 3.63) is 72.3 Å². The number of para-hydroxylation sites is 1. The molecule has 0 aliphatic carbocycles. The number of carbonyl (C=O) groups excluding carboxylic acids is 1. The molecule has 3 rings (SSSR count). The van der Waals surface area contributed by atoms with Crippen LogP contribution in [0.4, 0.5) is 0 Å². The van der Waals surface area contributed by atoms with E-state index in [1.54, 1.807) is 18.2 Å². The van der Waals surface area contributed by atoms with Crippen molar-refractivity contribution in [3.63, 3.8) is 0 Å². The Bertz CT molecular complexity index is 672. The van der Waals surface area contributed by atoms with E-state index in [0.29, 0.717) is 11.5 Å². The zero-order valence-electron chi connectivity index (χ0n) is 11.9. The zero-order chi connectivity index (χ0) is 15.7. The molecule has 3 aromatic rings. The van der Waals surface area contributed by atoms with Crippen LogP contribution in [0.25, 0.3) is 10.8 Å². The summed E-state index contributed by atoms with van der Waals surface area (Å²) in [4.78, 5) is 8.00. The number of hydrogen-bond acceptors (Lipinski definition) is 3. The zero-order valence-corrected chi connectivity index (χ0v) is 11.9. The highest BCUT2D eigenvalue weighted by molar-refractivity contribution is 5.83. The average Bonchev–Trinajstić information content (AvgIpc) is 2.53. The molecule has 0 amide bonds. The largest absolute Gasteiger partial charge is 0.508 e. The van der Waals surface area contributed by atoms with E-state index in [-0.39, 0.29) is 0 Å². The second-order valence-electron chi connectivity index (χ2n) is 4.32. The minimum absolute atomic E-state index is 0.323. The number of hydrogen-bond donors (Lipinski definition) is 2. The summed E-state index contributed by atoms with van der Waals surface area (Å²) in [5.41, 5.74) is 0.924. The van der Waals surface area contributed by atoms with Crippen LogP contribution in [0.3, 0.4) is 0 Å². The van der Waals surface area contributed by atoms with Gasteiger partial charge in [-0.25, -0.2) is 0 Å². The third-order valence-electron chi connectivity index (χ3n) is 2.85. The standard InChI is InChI=1S/C10H8O.C7H8O.CH2O/c11-10-6-5-8-3-1-2-4-9(8)7-10;1-6-4-2-3-5-7(6)8;1-2/h1-7,11H;2-5,8H,1H3;1H2. The van der Waals surface area contributed by atoms with Crippen molar-refractivity contribution >= 4 is 17.6 Å². The molecule has 0 radical (unpaired) electrons. The fourth-order valence-electron chi connectivity index (χ4n) is 1.74. The van der Waals surface area contributed by atoms with Crippen LogP contribution in [0.5, 0.6) is 11.5 Å². The van der Waals surface area contributed by atoms with Gasteiger partial charge in [-0.15, -0.1) is 0 Å². The molecular weight excluding hydrogens is 264 g/mol. The first-order chi connectivity index (χ1) is 10.2. The predicted octanol–water partition coefficient (Wildman–Crippen LogP) is 4.06. The molecular formula is C18H18O3. The first kappa shape index (κ1) is 16.2. The number of benzene rings is 3. The van der Waals surface area contributed by atoms with Gasteiger partial charge in [-0.3, -0.25) is 0 Å². The molecule has 3 aromatic carbocycles. The quantitative estimate of drug-likeness (QED) is 0.653. The van der Waals surface area contributed by atoms with E-state index >= 15 is 0 Å². The minimum atomic E-state index is 0.323. The van der Waals surface area contributed by atoms with Crippen LogP contribution >= 0.6 is 0 Å². The van der Waals surface area contributed by atoms with Gasteiger partial charge in [0.15, 0.2) is 0 Å². The lowest BCUT2D eigenvalue weighted by Crippen LogP contribution is -1.69. The fourth-order valence-corrected chi connectivity index (χ4v) is 1.74. The monoisotopic (exact) mass is 282 g/mol. The van der Waals surface area contributed by atoms with Crippen LogP contribution in [0, 0.1) is 6.92 Å². The first-order valence-corrected chi connectivity index (χ1v) is 6.38. The van der Waals surface area contributed by atoms with E-state index in [0.717, 1.165) is 16.3 Å². The second-order valence-corrected chi connectivity index (χ2v) is 4.32. The molecule has 21 heavy (non-hydrogen) atoms. The van der Waals surface area contributed by atoms with E-state index in [1.807, 2.05) is 62.2 Å². The van der Waals surface area contributed by atoms with Gasteiger partial charge < -0.3 is 15.0 Å². The number of rotatable bonds is 0. The Kier molecular flexibility index (Phi) is 6.48. The lowest BCUT2D eigenvalue weighted by Gasteiger charge is -1.96. The molecule has 0 fully saturated rings. The summed E-state index contributed by atoms with van der Waals surface area (Å²) in [6, 6.07) is 20.6. The van der Waals surface area contributed by atoms with Crippen LogP contribution < -0.4 is 0 Å². The van der Waals surface area contributed by atoms with Gasteiger partial charge in [-0.05, 0) is 41.5 Å². The fraction of sp³-hybridized carbons (Fsp3) is 0.0556. The number of aromatic hydroxyl groups is 2. The van der Waals surface area contributed by atoms with Gasteiger partial charge in [0.1, 0.15) is 18.3 Å². The first-order valence-electron chi connectivity index (χ1n) is 6.38. The smallest absolute Gasteiger partial charge is 0.118 e. The topological polar surface area (TPSA) is 57.5 Å². The molecule has 0 unspecified atom stereocenters. The van der Waals surface area contributed by atoms with Crippen molar-refractivity contribution in [1.82, 2.24) is 0 Å². The maximum absolute atomic E-state index is 9.13. The molecule has 0 heterocycles. The maximum Gasteiger partial charge on any atom is 0.118 e. The highest BCUT2D eigenvalue weighted by Gasteiger charge is 1.91. The summed E-state index contributed by atoms with van der Waals surface area (Å²) in [7, 11) is 0. The molecule has 2 N–H and O–H groups in total. The highest BCUT2D eigenvalue weighted by Crippen LogP contribution is 2.18. The van der Waals surface area contributed by atoms with Crippen LogP contribution in [0.15, 0.2) is 66.7 Å². The summed E-state index contributed by atoms with van der Waals surface area (Å²) < 4.78 is 0. The Morgan fingerprint density at radius 3 is 1.90 bits per heavy atom. The van der Waals surface area contributed by atoms with Crippen LogP contribution in [0.2, 0.25) is 0 Å². The van der Waals surface area contributed by atoms with Crippen LogP contribution in [-0.4, -0.2) is 17.0 Å². The number of aryl methyl sites for hydroxylation is 1. The van der Waals surface area contributed by atoms with Crippen molar-refractivity contribution in [1.29, 1.82) is 0 Å². The molecule has 0 spiro atoms. The van der Waals surface area contributed by atoms with E-state index in [1.165, 1.54) is 0 Å². The molecule has 0 atom stereocenters. The van der Waals surface area contributed by atoms with Gasteiger partial charge in [0.05, 0.1) is 0 Å². The van der Waals surface area contributed by atoms with Gasteiger partial charge in [-0.1, -0.05) is 48.5 Å². The van der Waals surface area contributed by atoms with Gasteiger partial charge in [0, 0.05) is 0 Å². The summed E-state index contributed by atoms with van der Waals surface area (Å²) in [5.74, 6) is 0.691. The van der Waals surface area contributed by atoms with E-state index in [4.69, 9.17) is 15.0 Å². The Morgan fingerprint density at radius 1 is 0.762 bits per heavy atom. The minimum Gasteiger partial charge on any atom is -0.508 e. The molecule has 0 bridgehead atoms. The maximum atomic E-state index is 9.13. The Hall–Kier alpha value is -2.81. The van der Waals surface area contributed by atoms with Gasteiger partial charge in [-0.2, -0.15) is 0 Å². The van der Waals surface area contributed by atoms with Crippen molar-refractivity contribution in [2.75, 3.05) is 0 Å².